The molecular weight excluding hydrogens is 539 g/mol. The van der Waals surface area contributed by atoms with Crippen LogP contribution in [0.4, 0.5) is 16.2 Å². The van der Waals surface area contributed by atoms with E-state index in [9.17, 15) is 4.79 Å². The van der Waals surface area contributed by atoms with Crippen molar-refractivity contribution in [3.63, 3.8) is 0 Å². The number of halogens is 2. The van der Waals surface area contributed by atoms with E-state index >= 15 is 0 Å². The van der Waals surface area contributed by atoms with Gasteiger partial charge >= 0.3 is 6.03 Å². The summed E-state index contributed by atoms with van der Waals surface area (Å²) in [4.78, 5) is 23.2. The van der Waals surface area contributed by atoms with Crippen molar-refractivity contribution in [3.05, 3.63) is 59.1 Å². The first-order valence-electron chi connectivity index (χ1n) is 10.8. The lowest BCUT2D eigenvalue weighted by Gasteiger charge is -2.36. The molecule has 7 nitrogen and oxygen atoms in total. The number of carbonyl (C=O) groups is 1. The Morgan fingerprint density at radius 3 is 2.34 bits per heavy atom. The number of likely N-dealkylation sites (tertiary alicyclic amines) is 1. The number of piperazine rings is 1. The lowest BCUT2D eigenvalue weighted by molar-refractivity contribution is 0.222. The van der Waals surface area contributed by atoms with Crippen LogP contribution in [0, 0.1) is 0 Å². The first-order chi connectivity index (χ1) is 15.1. The van der Waals surface area contributed by atoms with Gasteiger partial charge in [0.1, 0.15) is 0 Å². The second-order valence-electron chi connectivity index (χ2n) is 7.95. The summed E-state index contributed by atoms with van der Waals surface area (Å²) in [6, 6.07) is 15.7. The first-order valence-corrected chi connectivity index (χ1v) is 11.2. The fraction of sp³-hybridized carbons (Fsp3) is 0.391. The number of hydrogen-bond acceptors (Lipinski definition) is 3. The van der Waals surface area contributed by atoms with Crippen LogP contribution in [-0.2, 0) is 6.54 Å². The number of anilines is 2. The van der Waals surface area contributed by atoms with E-state index in [1.807, 2.05) is 53.4 Å². The van der Waals surface area contributed by atoms with Crippen molar-refractivity contribution in [2.45, 2.75) is 19.4 Å². The number of hydrogen-bond donors (Lipinski definition) is 2. The molecule has 0 bridgehead atoms. The number of urea groups is 1. The molecule has 0 spiro atoms. The Morgan fingerprint density at radius 2 is 1.66 bits per heavy atom. The van der Waals surface area contributed by atoms with E-state index in [4.69, 9.17) is 17.3 Å². The van der Waals surface area contributed by atoms with Crippen LogP contribution in [0.15, 0.2) is 53.5 Å². The minimum atomic E-state index is -0.0313. The summed E-state index contributed by atoms with van der Waals surface area (Å²) in [5.74, 6) is 0.558. The molecule has 2 aliphatic rings. The van der Waals surface area contributed by atoms with E-state index < -0.39 is 0 Å². The van der Waals surface area contributed by atoms with Gasteiger partial charge in [-0.25, -0.2) is 9.79 Å². The van der Waals surface area contributed by atoms with E-state index in [1.54, 1.807) is 0 Å². The molecule has 32 heavy (non-hydrogen) atoms. The van der Waals surface area contributed by atoms with Crippen molar-refractivity contribution in [3.8, 4) is 0 Å². The summed E-state index contributed by atoms with van der Waals surface area (Å²) in [6.45, 7) is 5.56. The molecule has 0 radical (unpaired) electrons. The van der Waals surface area contributed by atoms with Gasteiger partial charge in [-0.15, -0.1) is 24.0 Å². The van der Waals surface area contributed by atoms with Crippen molar-refractivity contribution in [2.24, 2.45) is 10.7 Å². The van der Waals surface area contributed by atoms with Crippen LogP contribution in [0.5, 0.6) is 0 Å². The molecule has 0 saturated carbocycles. The second-order valence-corrected chi connectivity index (χ2v) is 8.39. The quantitative estimate of drug-likeness (QED) is 0.329. The summed E-state index contributed by atoms with van der Waals surface area (Å²) in [6.07, 6.45) is 2.16. The molecule has 2 aromatic carbocycles. The maximum absolute atomic E-state index is 12.3. The lowest BCUT2D eigenvalue weighted by atomic mass is 10.2. The maximum atomic E-state index is 12.3. The summed E-state index contributed by atoms with van der Waals surface area (Å²) >= 11 is 5.98. The molecule has 2 saturated heterocycles. The molecule has 2 aliphatic heterocycles. The fourth-order valence-corrected chi connectivity index (χ4v) is 4.11. The molecule has 3 N–H and O–H groups in total. The molecule has 0 aromatic heterocycles. The second kappa shape index (κ2) is 11.6. The van der Waals surface area contributed by atoms with Crippen molar-refractivity contribution in [1.29, 1.82) is 0 Å². The number of nitrogens with two attached hydrogens (primary N) is 1. The van der Waals surface area contributed by atoms with Gasteiger partial charge in [-0.3, -0.25) is 0 Å². The molecule has 2 aromatic rings. The predicted molar refractivity (Wildman–Crippen MR) is 142 cm³/mol. The molecule has 2 fully saturated rings. The topological polar surface area (TPSA) is 77.2 Å². The number of nitrogens with one attached hydrogen (secondary N) is 1. The molecular formula is C23H30ClIN6O. The van der Waals surface area contributed by atoms with Crippen LogP contribution in [0.1, 0.15) is 18.4 Å². The molecule has 0 unspecified atom stereocenters. The summed E-state index contributed by atoms with van der Waals surface area (Å²) in [5.41, 5.74) is 9.25. The molecule has 2 heterocycles. The third-order valence-electron chi connectivity index (χ3n) is 5.79. The van der Waals surface area contributed by atoms with Gasteiger partial charge in [0.25, 0.3) is 0 Å². The summed E-state index contributed by atoms with van der Waals surface area (Å²) in [7, 11) is 0. The minimum Gasteiger partial charge on any atom is -0.370 e. The number of carbonyl (C=O) groups excluding carboxylic acids is 1. The largest absolute Gasteiger partial charge is 0.370 e. The first kappa shape index (κ1) is 24.4. The van der Waals surface area contributed by atoms with Crippen molar-refractivity contribution in [2.75, 3.05) is 49.5 Å². The van der Waals surface area contributed by atoms with Gasteiger partial charge < -0.3 is 25.8 Å². The van der Waals surface area contributed by atoms with Crippen LogP contribution in [0.3, 0.4) is 0 Å². The van der Waals surface area contributed by atoms with Crippen molar-refractivity contribution < 1.29 is 4.79 Å². The Balaban J connectivity index is 0.00000289. The number of nitrogens with zero attached hydrogens (tertiary/aromatic N) is 4. The highest BCUT2D eigenvalue weighted by Gasteiger charge is 2.19. The SMILES string of the molecule is I.NC(=NCc1cccc(NC(=O)N2CCCC2)c1)N1CCN(c2ccc(Cl)cc2)CC1. The zero-order valence-corrected chi connectivity index (χ0v) is 21.1. The molecule has 0 atom stereocenters. The van der Waals surface area contributed by atoms with Gasteiger partial charge in [-0.1, -0.05) is 23.7 Å². The number of rotatable bonds is 4. The highest BCUT2D eigenvalue weighted by atomic mass is 127. The Labute approximate surface area is 211 Å². The van der Waals surface area contributed by atoms with Crippen LogP contribution in [-0.4, -0.2) is 61.1 Å². The number of amides is 2. The van der Waals surface area contributed by atoms with Gasteiger partial charge in [0.2, 0.25) is 0 Å². The highest BCUT2D eigenvalue weighted by molar-refractivity contribution is 14.0. The van der Waals surface area contributed by atoms with Crippen molar-refractivity contribution in [1.82, 2.24) is 9.80 Å². The van der Waals surface area contributed by atoms with Crippen LogP contribution in [0.2, 0.25) is 5.02 Å². The van der Waals surface area contributed by atoms with Gasteiger partial charge in [-0.2, -0.15) is 0 Å². The van der Waals surface area contributed by atoms with Gasteiger partial charge in [0.05, 0.1) is 6.54 Å². The molecule has 172 valence electrons. The average Bonchev–Trinajstić information content (AvgIpc) is 3.34. The van der Waals surface area contributed by atoms with E-state index in [1.165, 1.54) is 5.69 Å². The van der Waals surface area contributed by atoms with Gasteiger partial charge in [0.15, 0.2) is 5.96 Å². The lowest BCUT2D eigenvalue weighted by Crippen LogP contribution is -2.51. The van der Waals surface area contributed by atoms with E-state index in [0.29, 0.717) is 12.5 Å². The maximum Gasteiger partial charge on any atom is 0.321 e. The normalized spacial score (nSPS) is 16.7. The van der Waals surface area contributed by atoms with E-state index in [-0.39, 0.29) is 30.0 Å². The molecule has 9 heteroatoms. The van der Waals surface area contributed by atoms with Crippen molar-refractivity contribution >= 4 is 58.9 Å². The average molecular weight is 569 g/mol. The van der Waals surface area contributed by atoms with Crippen LogP contribution in [0.25, 0.3) is 0 Å². The number of guanidine groups is 1. The highest BCUT2D eigenvalue weighted by Crippen LogP contribution is 2.19. The Bertz CT molecular complexity index is 924. The van der Waals surface area contributed by atoms with Crippen LogP contribution < -0.4 is 16.0 Å². The smallest absolute Gasteiger partial charge is 0.321 e. The van der Waals surface area contributed by atoms with Gasteiger partial charge in [0, 0.05) is 55.7 Å². The third kappa shape index (κ3) is 6.41. The van der Waals surface area contributed by atoms with E-state index in [2.05, 4.69) is 20.1 Å². The van der Waals surface area contributed by atoms with Crippen LogP contribution >= 0.6 is 35.6 Å². The Hall–Kier alpha value is -2.20. The molecule has 0 aliphatic carbocycles. The Kier molecular flexibility index (Phi) is 8.86. The minimum absolute atomic E-state index is 0. The van der Waals surface area contributed by atoms with Gasteiger partial charge in [-0.05, 0) is 54.8 Å². The standard InChI is InChI=1S/C23H29ClN6O.HI/c24-19-6-8-21(9-7-19)28-12-14-29(15-13-28)22(25)26-17-18-4-3-5-20(16-18)27-23(31)30-10-1-2-11-30;/h3-9,16H,1-2,10-15,17H2,(H2,25,26)(H,27,31);1H. The number of benzene rings is 2. The zero-order valence-electron chi connectivity index (χ0n) is 18.0. The number of aliphatic imine (C=N–C) groups is 1. The predicted octanol–water partition coefficient (Wildman–Crippen LogP) is 4.22. The Morgan fingerprint density at radius 1 is 0.969 bits per heavy atom. The van der Waals surface area contributed by atoms with E-state index in [0.717, 1.165) is 68.4 Å². The summed E-state index contributed by atoms with van der Waals surface area (Å²) in [5, 5.41) is 3.73. The zero-order chi connectivity index (χ0) is 21.6. The third-order valence-corrected chi connectivity index (χ3v) is 6.04. The monoisotopic (exact) mass is 568 g/mol. The fourth-order valence-electron chi connectivity index (χ4n) is 3.99. The molecule has 2 amide bonds. The molecule has 4 rings (SSSR count). The summed E-state index contributed by atoms with van der Waals surface area (Å²) < 4.78 is 0.